The highest BCUT2D eigenvalue weighted by molar-refractivity contribution is 7.09. The monoisotopic (exact) mass is 521 g/mol. The number of allylic oxidation sites excluding steroid dienone is 1. The molecule has 0 spiro atoms. The lowest BCUT2D eigenvalue weighted by Gasteiger charge is -2.39. The third-order valence-corrected chi connectivity index (χ3v) is 12.7. The molecular formula is C29H51NO3SSi. The largest absolute Gasteiger partial charge is 0.410 e. The van der Waals surface area contributed by atoms with Gasteiger partial charge in [0.15, 0.2) is 14.6 Å². The van der Waals surface area contributed by atoms with Crippen molar-refractivity contribution in [2.24, 2.45) is 5.92 Å². The molecule has 1 aliphatic rings. The van der Waals surface area contributed by atoms with E-state index in [2.05, 4.69) is 84.1 Å². The minimum atomic E-state index is -1.89. The number of nitrogens with zero attached hydrogens (tertiary/aromatic N) is 1. The fraction of sp³-hybridized carbons (Fsp3) is 0.759. The third-order valence-electron chi connectivity index (χ3n) is 7.42. The van der Waals surface area contributed by atoms with E-state index in [4.69, 9.17) is 13.9 Å². The van der Waals surface area contributed by atoms with Crippen LogP contribution in [0, 0.1) is 12.8 Å². The van der Waals surface area contributed by atoms with Crippen LogP contribution < -0.4 is 0 Å². The highest BCUT2D eigenvalue weighted by Gasteiger charge is 2.39. The molecule has 2 heterocycles. The van der Waals surface area contributed by atoms with Crippen LogP contribution in [0.25, 0.3) is 6.08 Å². The Morgan fingerprint density at radius 1 is 1.29 bits per heavy atom. The summed E-state index contributed by atoms with van der Waals surface area (Å²) in [6.07, 6.45) is 12.6. The third kappa shape index (κ3) is 11.0. The molecule has 1 aliphatic heterocycles. The van der Waals surface area contributed by atoms with Gasteiger partial charge in [0.05, 0.1) is 23.4 Å². The van der Waals surface area contributed by atoms with Gasteiger partial charge in [-0.05, 0) is 101 Å². The van der Waals surface area contributed by atoms with Gasteiger partial charge >= 0.3 is 0 Å². The first-order chi connectivity index (χ1) is 16.4. The Morgan fingerprint density at radius 2 is 2.03 bits per heavy atom. The molecule has 0 N–H and O–H groups in total. The Hall–Kier alpha value is -0.793. The average molecular weight is 522 g/mol. The zero-order chi connectivity index (χ0) is 26.1. The maximum Gasteiger partial charge on any atom is 0.192 e. The quantitative estimate of drug-likeness (QED) is 0.192. The maximum absolute atomic E-state index is 6.90. The Kier molecular flexibility index (Phi) is 12.4. The Labute approximate surface area is 220 Å². The molecule has 1 fully saturated rings. The van der Waals surface area contributed by atoms with Gasteiger partial charge in [-0.25, -0.2) is 4.98 Å². The van der Waals surface area contributed by atoms with Crippen molar-refractivity contribution < 1.29 is 13.9 Å². The fourth-order valence-electron chi connectivity index (χ4n) is 3.97. The normalized spacial score (nSPS) is 20.2. The minimum absolute atomic E-state index is 0.0233. The lowest BCUT2D eigenvalue weighted by molar-refractivity contribution is -0.168. The molecule has 0 saturated carbocycles. The molecule has 0 aliphatic carbocycles. The molecule has 3 atom stereocenters. The van der Waals surface area contributed by atoms with Crippen molar-refractivity contribution >= 4 is 25.7 Å². The van der Waals surface area contributed by atoms with Gasteiger partial charge in [-0.1, -0.05) is 39.3 Å². The number of aryl methyl sites for hydroxylation is 1. The van der Waals surface area contributed by atoms with Crippen molar-refractivity contribution in [1.29, 1.82) is 0 Å². The van der Waals surface area contributed by atoms with Gasteiger partial charge in [-0.15, -0.1) is 11.3 Å². The van der Waals surface area contributed by atoms with E-state index in [1.807, 2.05) is 0 Å². The van der Waals surface area contributed by atoms with Crippen LogP contribution in [0.3, 0.4) is 0 Å². The van der Waals surface area contributed by atoms with Crippen LogP contribution in [-0.4, -0.2) is 38.9 Å². The van der Waals surface area contributed by atoms with E-state index < -0.39 is 8.32 Å². The van der Waals surface area contributed by atoms with E-state index in [1.54, 1.807) is 11.3 Å². The summed E-state index contributed by atoms with van der Waals surface area (Å²) in [5.74, 6) is 0.565. The zero-order valence-electron chi connectivity index (χ0n) is 23.9. The predicted molar refractivity (Wildman–Crippen MR) is 154 cm³/mol. The van der Waals surface area contributed by atoms with E-state index in [9.17, 15) is 0 Å². The molecule has 0 aromatic carbocycles. The van der Waals surface area contributed by atoms with Gasteiger partial charge in [-0.3, -0.25) is 0 Å². The summed E-state index contributed by atoms with van der Waals surface area (Å²) < 4.78 is 18.6. The number of thiazole rings is 1. The average Bonchev–Trinajstić information content (AvgIpc) is 3.19. The summed E-state index contributed by atoms with van der Waals surface area (Å²) in [4.78, 5) is 4.64. The first-order valence-corrected chi connectivity index (χ1v) is 17.3. The van der Waals surface area contributed by atoms with E-state index in [0.717, 1.165) is 43.2 Å². The number of hydrogen-bond donors (Lipinski definition) is 0. The zero-order valence-corrected chi connectivity index (χ0v) is 25.7. The molecule has 1 saturated heterocycles. The van der Waals surface area contributed by atoms with Crippen LogP contribution in [0.4, 0.5) is 0 Å². The second-order valence-corrected chi connectivity index (χ2v) is 17.8. The molecule has 0 bridgehead atoms. The second-order valence-electron chi connectivity index (χ2n) is 12.0. The van der Waals surface area contributed by atoms with E-state index in [1.165, 1.54) is 36.8 Å². The van der Waals surface area contributed by atoms with E-state index in [0.29, 0.717) is 5.92 Å². The Balaban J connectivity index is 1.91. The molecule has 200 valence electrons. The fourth-order valence-corrected chi connectivity index (χ4v) is 5.89. The van der Waals surface area contributed by atoms with Crippen molar-refractivity contribution in [3.63, 3.8) is 0 Å². The predicted octanol–water partition coefficient (Wildman–Crippen LogP) is 8.93. The van der Waals surface area contributed by atoms with Crippen LogP contribution in [0.15, 0.2) is 22.6 Å². The molecule has 1 aromatic heterocycles. The molecule has 0 radical (unpaired) electrons. The molecular weight excluding hydrogens is 470 g/mol. The Bertz CT molecular complexity index is 818. The van der Waals surface area contributed by atoms with Gasteiger partial charge < -0.3 is 13.9 Å². The summed E-state index contributed by atoms with van der Waals surface area (Å²) in [5.41, 5.74) is 3.76. The van der Waals surface area contributed by atoms with Crippen molar-refractivity contribution in [3.05, 3.63) is 33.3 Å². The summed E-state index contributed by atoms with van der Waals surface area (Å²) in [6, 6.07) is 0. The summed E-state index contributed by atoms with van der Waals surface area (Å²) in [5, 5.41) is 3.42. The lowest BCUT2D eigenvalue weighted by atomic mass is 10.0. The van der Waals surface area contributed by atoms with Gasteiger partial charge in [-0.2, -0.15) is 0 Å². The van der Waals surface area contributed by atoms with Gasteiger partial charge in [0, 0.05) is 12.0 Å². The molecule has 4 nitrogen and oxygen atoms in total. The summed E-state index contributed by atoms with van der Waals surface area (Å²) >= 11 is 1.70. The van der Waals surface area contributed by atoms with Gasteiger partial charge in [0.1, 0.15) is 0 Å². The maximum atomic E-state index is 6.90. The standard InChI is InChI=1S/C29H51NO3SSi/c1-22(13-12-14-23(2)20-32-28-15-10-11-18-31-28)16-17-27(33-35(8,9)29(5,6)7)24(3)19-26-21-34-25(4)30-26/h16,19,21,23,27-28H,10-15,17-18,20H2,1-9H3/b22-16-,24-19+/t23?,27-,28?/m0/s1. The number of ether oxygens (including phenoxy) is 2. The lowest BCUT2D eigenvalue weighted by Crippen LogP contribution is -2.44. The van der Waals surface area contributed by atoms with Crippen LogP contribution in [0.1, 0.15) is 97.2 Å². The summed E-state index contributed by atoms with van der Waals surface area (Å²) in [7, 11) is -1.89. The highest BCUT2D eigenvalue weighted by atomic mass is 32.1. The van der Waals surface area contributed by atoms with E-state index >= 15 is 0 Å². The molecule has 1 aromatic rings. The molecule has 35 heavy (non-hydrogen) atoms. The smallest absolute Gasteiger partial charge is 0.192 e. The van der Waals surface area contributed by atoms with Crippen molar-refractivity contribution in [2.45, 2.75) is 124 Å². The topological polar surface area (TPSA) is 40.6 Å². The SMILES string of the molecule is C/C(=C/C[C@H](O[Si](C)(C)C(C)(C)C)/C(C)=C/c1csc(C)n1)CCCC(C)COC1CCCCO1. The first kappa shape index (κ1) is 30.4. The van der Waals surface area contributed by atoms with Crippen molar-refractivity contribution in [2.75, 3.05) is 13.2 Å². The summed E-state index contributed by atoms with van der Waals surface area (Å²) in [6.45, 7) is 22.1. The van der Waals surface area contributed by atoms with Crippen LogP contribution in [0.2, 0.25) is 18.1 Å². The van der Waals surface area contributed by atoms with Gasteiger partial charge in [0.2, 0.25) is 0 Å². The Morgan fingerprint density at radius 3 is 2.63 bits per heavy atom. The molecule has 2 unspecified atom stereocenters. The van der Waals surface area contributed by atoms with Crippen LogP contribution >= 0.6 is 11.3 Å². The first-order valence-electron chi connectivity index (χ1n) is 13.5. The molecule has 0 amide bonds. The minimum Gasteiger partial charge on any atom is -0.410 e. The van der Waals surface area contributed by atoms with Crippen LogP contribution in [0.5, 0.6) is 0 Å². The number of rotatable bonds is 13. The van der Waals surface area contributed by atoms with Crippen molar-refractivity contribution in [3.8, 4) is 0 Å². The number of hydrogen-bond acceptors (Lipinski definition) is 5. The molecule has 6 heteroatoms. The molecule has 2 rings (SSSR count). The van der Waals surface area contributed by atoms with E-state index in [-0.39, 0.29) is 17.4 Å². The second kappa shape index (κ2) is 14.2. The van der Waals surface area contributed by atoms with Crippen molar-refractivity contribution in [1.82, 2.24) is 4.98 Å². The highest BCUT2D eigenvalue weighted by Crippen LogP contribution is 2.38. The van der Waals surface area contributed by atoms with Crippen LogP contribution in [-0.2, 0) is 13.9 Å². The number of aromatic nitrogens is 1. The van der Waals surface area contributed by atoms with Gasteiger partial charge in [0.25, 0.3) is 0 Å².